The van der Waals surface area contributed by atoms with Gasteiger partial charge >= 0.3 is 5.97 Å². The Hall–Kier alpha value is -1.86. The number of hydrogen-bond acceptors (Lipinski definition) is 5. The Kier molecular flexibility index (Phi) is 6.78. The summed E-state index contributed by atoms with van der Waals surface area (Å²) in [6.07, 6.45) is 2.08. The van der Waals surface area contributed by atoms with Crippen LogP contribution in [0.15, 0.2) is 28.7 Å². The van der Waals surface area contributed by atoms with Crippen molar-refractivity contribution in [3.05, 3.63) is 44.7 Å². The number of fused-ring (bicyclic) bond motifs is 1. The van der Waals surface area contributed by atoms with Crippen LogP contribution < -0.4 is 10.1 Å². The Morgan fingerprint density at radius 1 is 1.39 bits per heavy atom. The molecule has 2 aromatic rings. The molecule has 1 amide bonds. The van der Waals surface area contributed by atoms with Crippen molar-refractivity contribution in [2.75, 3.05) is 11.9 Å². The molecule has 0 saturated carbocycles. The second-order valence-corrected chi connectivity index (χ2v) is 9.00. The largest absolute Gasteiger partial charge is 0.481 e. The molecule has 7 heteroatoms. The van der Waals surface area contributed by atoms with E-state index >= 15 is 0 Å². The van der Waals surface area contributed by atoms with Crippen LogP contribution in [-0.2, 0) is 22.4 Å². The second kappa shape index (κ2) is 9.09. The van der Waals surface area contributed by atoms with Crippen molar-refractivity contribution in [2.45, 2.75) is 46.1 Å². The maximum Gasteiger partial charge on any atom is 0.341 e. The number of rotatable bonds is 6. The molecule has 0 radical (unpaired) electrons. The monoisotopic (exact) mass is 465 g/mol. The van der Waals surface area contributed by atoms with Crippen LogP contribution in [0.1, 0.15) is 48.0 Å². The van der Waals surface area contributed by atoms with Crippen molar-refractivity contribution in [2.24, 2.45) is 5.92 Å². The molecule has 150 valence electrons. The molecule has 1 aliphatic carbocycles. The molecule has 0 spiro atoms. The molecule has 1 aliphatic rings. The standard InChI is InChI=1S/C21H24BrNO4S/c1-4-26-21(25)18-16-9-8-12(2)10-17(16)28-20(18)23-19(24)13(3)27-15-7-5-6-14(22)11-15/h5-7,11-13H,4,8-10H2,1-3H3,(H,23,24)/t12-,13-/m0/s1. The maximum absolute atomic E-state index is 12.7. The topological polar surface area (TPSA) is 64.6 Å². The first-order valence-electron chi connectivity index (χ1n) is 9.43. The van der Waals surface area contributed by atoms with Gasteiger partial charge in [0.05, 0.1) is 12.2 Å². The zero-order valence-electron chi connectivity index (χ0n) is 16.2. The number of halogens is 1. The molecular formula is C21H24BrNO4S. The Morgan fingerprint density at radius 2 is 2.18 bits per heavy atom. The lowest BCUT2D eigenvalue weighted by molar-refractivity contribution is -0.122. The summed E-state index contributed by atoms with van der Waals surface area (Å²) in [6.45, 7) is 5.98. The van der Waals surface area contributed by atoms with Gasteiger partial charge in [-0.05, 0) is 62.8 Å². The molecule has 0 bridgehead atoms. The lowest BCUT2D eigenvalue weighted by Gasteiger charge is -2.18. The Bertz CT molecular complexity index is 879. The first-order chi connectivity index (χ1) is 13.4. The van der Waals surface area contributed by atoms with Crippen LogP contribution in [0.25, 0.3) is 0 Å². The fourth-order valence-electron chi connectivity index (χ4n) is 3.27. The number of amides is 1. The number of carbonyl (C=O) groups excluding carboxylic acids is 2. The van der Waals surface area contributed by atoms with E-state index in [0.29, 0.717) is 28.8 Å². The first kappa shape index (κ1) is 20.9. The summed E-state index contributed by atoms with van der Waals surface area (Å²) in [4.78, 5) is 26.4. The highest BCUT2D eigenvalue weighted by molar-refractivity contribution is 9.10. The smallest absolute Gasteiger partial charge is 0.341 e. The van der Waals surface area contributed by atoms with Crippen molar-refractivity contribution < 1.29 is 19.1 Å². The molecule has 1 N–H and O–H groups in total. The van der Waals surface area contributed by atoms with Crippen LogP contribution in [0.2, 0.25) is 0 Å². The number of hydrogen-bond donors (Lipinski definition) is 1. The van der Waals surface area contributed by atoms with Gasteiger partial charge in [0.15, 0.2) is 6.10 Å². The summed E-state index contributed by atoms with van der Waals surface area (Å²) in [5.74, 6) is 0.507. The average Bonchev–Trinajstić information content (AvgIpc) is 2.98. The molecule has 1 aromatic carbocycles. The highest BCUT2D eigenvalue weighted by Crippen LogP contribution is 2.40. The first-order valence-corrected chi connectivity index (χ1v) is 11.0. The van der Waals surface area contributed by atoms with Gasteiger partial charge in [0.1, 0.15) is 10.8 Å². The normalized spacial score (nSPS) is 16.8. The summed E-state index contributed by atoms with van der Waals surface area (Å²) >= 11 is 4.87. The molecule has 2 atom stereocenters. The van der Waals surface area contributed by atoms with E-state index in [9.17, 15) is 9.59 Å². The van der Waals surface area contributed by atoms with Gasteiger partial charge in [0, 0.05) is 9.35 Å². The molecule has 0 fully saturated rings. The van der Waals surface area contributed by atoms with Crippen molar-refractivity contribution in [1.82, 2.24) is 0 Å². The lowest BCUT2D eigenvalue weighted by Crippen LogP contribution is -2.30. The minimum Gasteiger partial charge on any atom is -0.481 e. The summed E-state index contributed by atoms with van der Waals surface area (Å²) in [5, 5.41) is 3.46. The van der Waals surface area contributed by atoms with E-state index < -0.39 is 6.10 Å². The second-order valence-electron chi connectivity index (χ2n) is 6.98. The van der Waals surface area contributed by atoms with E-state index in [1.54, 1.807) is 26.0 Å². The number of nitrogens with one attached hydrogen (secondary N) is 1. The molecule has 0 unspecified atom stereocenters. The van der Waals surface area contributed by atoms with Crippen molar-refractivity contribution in [3.63, 3.8) is 0 Å². The van der Waals surface area contributed by atoms with E-state index in [4.69, 9.17) is 9.47 Å². The fraction of sp³-hybridized carbons (Fsp3) is 0.429. The summed E-state index contributed by atoms with van der Waals surface area (Å²) < 4.78 is 11.9. The summed E-state index contributed by atoms with van der Waals surface area (Å²) in [7, 11) is 0. The Labute approximate surface area is 177 Å². The third kappa shape index (κ3) is 4.75. The zero-order valence-corrected chi connectivity index (χ0v) is 18.6. The highest BCUT2D eigenvalue weighted by atomic mass is 79.9. The third-order valence-electron chi connectivity index (χ3n) is 4.71. The molecule has 0 saturated heterocycles. The minimum atomic E-state index is -0.706. The van der Waals surface area contributed by atoms with Crippen LogP contribution in [0.4, 0.5) is 5.00 Å². The number of esters is 1. The van der Waals surface area contributed by atoms with Gasteiger partial charge in [-0.1, -0.05) is 28.9 Å². The molecule has 5 nitrogen and oxygen atoms in total. The Balaban J connectivity index is 1.80. The number of anilines is 1. The van der Waals surface area contributed by atoms with Gasteiger partial charge in [-0.15, -0.1) is 11.3 Å². The van der Waals surface area contributed by atoms with E-state index in [2.05, 4.69) is 28.2 Å². The maximum atomic E-state index is 12.7. The minimum absolute atomic E-state index is 0.294. The molecule has 1 aromatic heterocycles. The van der Waals surface area contributed by atoms with Crippen LogP contribution in [0, 0.1) is 5.92 Å². The molecular weight excluding hydrogens is 442 g/mol. The van der Waals surface area contributed by atoms with Gasteiger partial charge in [0.25, 0.3) is 5.91 Å². The van der Waals surface area contributed by atoms with E-state index in [1.165, 1.54) is 11.3 Å². The number of thiophene rings is 1. The van der Waals surface area contributed by atoms with Crippen molar-refractivity contribution in [1.29, 1.82) is 0 Å². The number of ether oxygens (including phenoxy) is 2. The molecule has 28 heavy (non-hydrogen) atoms. The number of benzene rings is 1. The molecule has 0 aliphatic heterocycles. The lowest BCUT2D eigenvalue weighted by atomic mass is 9.88. The number of carbonyl (C=O) groups is 2. The van der Waals surface area contributed by atoms with Crippen LogP contribution in [0.3, 0.4) is 0 Å². The predicted octanol–water partition coefficient (Wildman–Crippen LogP) is 5.22. The summed E-state index contributed by atoms with van der Waals surface area (Å²) in [5.41, 5.74) is 1.54. The van der Waals surface area contributed by atoms with E-state index in [0.717, 1.165) is 34.2 Å². The Morgan fingerprint density at radius 3 is 2.89 bits per heavy atom. The molecule has 3 rings (SSSR count). The van der Waals surface area contributed by atoms with Crippen LogP contribution in [0.5, 0.6) is 5.75 Å². The average molecular weight is 466 g/mol. The van der Waals surface area contributed by atoms with Crippen LogP contribution >= 0.6 is 27.3 Å². The van der Waals surface area contributed by atoms with Gasteiger partial charge in [-0.3, -0.25) is 4.79 Å². The van der Waals surface area contributed by atoms with Crippen molar-refractivity contribution in [3.8, 4) is 5.75 Å². The fourth-order valence-corrected chi connectivity index (χ4v) is 5.05. The third-order valence-corrected chi connectivity index (χ3v) is 6.37. The van der Waals surface area contributed by atoms with Gasteiger partial charge in [-0.2, -0.15) is 0 Å². The molecule has 1 heterocycles. The zero-order chi connectivity index (χ0) is 20.3. The van der Waals surface area contributed by atoms with Crippen LogP contribution in [-0.4, -0.2) is 24.6 Å². The van der Waals surface area contributed by atoms with E-state index in [-0.39, 0.29) is 11.9 Å². The van der Waals surface area contributed by atoms with E-state index in [1.807, 2.05) is 12.1 Å². The predicted molar refractivity (Wildman–Crippen MR) is 114 cm³/mol. The van der Waals surface area contributed by atoms with Gasteiger partial charge in [0.2, 0.25) is 0 Å². The summed E-state index contributed by atoms with van der Waals surface area (Å²) in [6, 6.07) is 7.33. The quantitative estimate of drug-likeness (QED) is 0.593. The van der Waals surface area contributed by atoms with Crippen molar-refractivity contribution >= 4 is 44.1 Å². The SMILES string of the molecule is CCOC(=O)c1c(NC(=O)[C@H](C)Oc2cccc(Br)c2)sc2c1CC[C@H](C)C2. The van der Waals surface area contributed by atoms with Gasteiger partial charge in [-0.25, -0.2) is 4.79 Å². The van der Waals surface area contributed by atoms with Gasteiger partial charge < -0.3 is 14.8 Å². The highest BCUT2D eigenvalue weighted by Gasteiger charge is 2.30.